The second-order valence-corrected chi connectivity index (χ2v) is 8.41. The molecule has 1 amide bonds. The predicted octanol–water partition coefficient (Wildman–Crippen LogP) is 4.74. The molecular weight excluding hydrogens is 375 g/mol. The Morgan fingerprint density at radius 1 is 1.31 bits per heavy atom. The highest BCUT2D eigenvalue weighted by Gasteiger charge is 2.24. The van der Waals surface area contributed by atoms with E-state index in [0.29, 0.717) is 34.9 Å². The van der Waals surface area contributed by atoms with Gasteiger partial charge in [0.1, 0.15) is 5.60 Å². The third-order valence-corrected chi connectivity index (χ3v) is 4.62. The fourth-order valence-electron chi connectivity index (χ4n) is 3.01. The summed E-state index contributed by atoms with van der Waals surface area (Å²) in [6.45, 7) is 11.3. The molecule has 0 radical (unpaired) electrons. The molecule has 2 rings (SSSR count). The van der Waals surface area contributed by atoms with Gasteiger partial charge in [-0.05, 0) is 64.3 Å². The summed E-state index contributed by atoms with van der Waals surface area (Å²) in [7, 11) is 0. The summed E-state index contributed by atoms with van der Waals surface area (Å²) in [5, 5.41) is 3.94. The molecule has 1 heterocycles. The second-order valence-electron chi connectivity index (χ2n) is 7.59. The van der Waals surface area contributed by atoms with Gasteiger partial charge >= 0.3 is 6.09 Å². The van der Waals surface area contributed by atoms with Crippen LogP contribution in [0.25, 0.3) is 0 Å². The van der Waals surface area contributed by atoms with Crippen LogP contribution in [0, 0.1) is 5.92 Å². The van der Waals surface area contributed by atoms with Crippen LogP contribution in [0.1, 0.15) is 39.7 Å². The lowest BCUT2D eigenvalue weighted by Gasteiger charge is -2.21. The van der Waals surface area contributed by atoms with Crippen molar-refractivity contribution in [1.29, 1.82) is 0 Å². The summed E-state index contributed by atoms with van der Waals surface area (Å²) in [5.41, 5.74) is 0.585. The van der Waals surface area contributed by atoms with Gasteiger partial charge < -0.3 is 14.8 Å². The average molecular weight is 403 g/mol. The molecule has 0 spiro atoms. The minimum Gasteiger partial charge on any atom is -0.491 e. The maximum absolute atomic E-state index is 11.8. The zero-order valence-corrected chi connectivity index (χ0v) is 17.4. The monoisotopic (exact) mass is 402 g/mol. The number of rotatable bonds is 6. The van der Waals surface area contributed by atoms with Crippen LogP contribution in [0.2, 0.25) is 10.0 Å². The van der Waals surface area contributed by atoms with Gasteiger partial charge in [-0.15, -0.1) is 0 Å². The Labute approximate surface area is 165 Å². The van der Waals surface area contributed by atoms with Crippen LogP contribution >= 0.6 is 23.2 Å². The average Bonchev–Trinajstić information content (AvgIpc) is 2.95. The lowest BCUT2D eigenvalue weighted by molar-refractivity contribution is 0.0519. The Morgan fingerprint density at radius 2 is 1.96 bits per heavy atom. The number of carbonyl (C=O) groups is 1. The van der Waals surface area contributed by atoms with Gasteiger partial charge in [0.2, 0.25) is 0 Å². The van der Waals surface area contributed by atoms with Crippen molar-refractivity contribution in [3.8, 4) is 5.75 Å². The molecule has 7 heteroatoms. The quantitative estimate of drug-likeness (QED) is 0.746. The van der Waals surface area contributed by atoms with Crippen molar-refractivity contribution >= 4 is 29.3 Å². The topological polar surface area (TPSA) is 50.8 Å². The van der Waals surface area contributed by atoms with Crippen molar-refractivity contribution < 1.29 is 14.3 Å². The van der Waals surface area contributed by atoms with Crippen LogP contribution < -0.4 is 10.1 Å². The molecule has 0 aromatic heterocycles. The first-order valence-corrected chi connectivity index (χ1v) is 9.73. The van der Waals surface area contributed by atoms with Gasteiger partial charge in [-0.3, -0.25) is 4.90 Å². The molecule has 0 saturated carbocycles. The van der Waals surface area contributed by atoms with Gasteiger partial charge in [0.15, 0.2) is 5.75 Å². The van der Waals surface area contributed by atoms with Crippen LogP contribution in [0.3, 0.4) is 0 Å². The number of amides is 1. The molecule has 1 N–H and O–H groups in total. The number of carbonyl (C=O) groups excluding carboxylic acids is 1. The lowest BCUT2D eigenvalue weighted by atomic mass is 10.1. The molecule has 5 nitrogen and oxygen atoms in total. The van der Waals surface area contributed by atoms with E-state index in [9.17, 15) is 4.79 Å². The van der Waals surface area contributed by atoms with Crippen molar-refractivity contribution in [3.05, 3.63) is 27.7 Å². The van der Waals surface area contributed by atoms with Crippen LogP contribution in [-0.2, 0) is 11.3 Å². The molecule has 1 aliphatic rings. The first kappa shape index (κ1) is 21.1. The maximum Gasteiger partial charge on any atom is 0.407 e. The minimum atomic E-state index is -0.474. The van der Waals surface area contributed by atoms with Crippen molar-refractivity contribution in [1.82, 2.24) is 10.2 Å². The molecule has 0 unspecified atom stereocenters. The van der Waals surface area contributed by atoms with Crippen LogP contribution in [-0.4, -0.2) is 42.8 Å². The van der Waals surface area contributed by atoms with E-state index in [2.05, 4.69) is 10.2 Å². The SMILES string of the molecule is CCOc1c(Cl)cc(CN2CC[C@@H](CNC(=O)OC(C)(C)C)C2)cc1Cl. The highest BCUT2D eigenvalue weighted by molar-refractivity contribution is 6.37. The zero-order valence-electron chi connectivity index (χ0n) is 15.9. The fourth-order valence-corrected chi connectivity index (χ4v) is 3.65. The summed E-state index contributed by atoms with van der Waals surface area (Å²) in [4.78, 5) is 14.1. The number of likely N-dealkylation sites (tertiary alicyclic amines) is 1. The van der Waals surface area contributed by atoms with Crippen molar-refractivity contribution in [2.45, 2.75) is 46.3 Å². The van der Waals surface area contributed by atoms with E-state index >= 15 is 0 Å². The number of halogens is 2. The summed E-state index contributed by atoms with van der Waals surface area (Å²) in [5.74, 6) is 0.955. The first-order valence-electron chi connectivity index (χ1n) is 8.98. The van der Waals surface area contributed by atoms with Crippen molar-refractivity contribution in [3.63, 3.8) is 0 Å². The summed E-state index contributed by atoms with van der Waals surface area (Å²) >= 11 is 12.6. The van der Waals surface area contributed by atoms with Crippen LogP contribution in [0.15, 0.2) is 12.1 Å². The Kier molecular flexibility index (Phi) is 7.44. The number of hydrogen-bond acceptors (Lipinski definition) is 4. The Balaban J connectivity index is 1.83. The Morgan fingerprint density at radius 3 is 2.54 bits per heavy atom. The molecule has 1 fully saturated rings. The molecular formula is C19H28Cl2N2O3. The van der Waals surface area contributed by atoms with E-state index in [4.69, 9.17) is 32.7 Å². The predicted molar refractivity (Wildman–Crippen MR) is 105 cm³/mol. The van der Waals surface area contributed by atoms with Gasteiger partial charge in [0, 0.05) is 19.6 Å². The Bertz CT molecular complexity index is 609. The first-order chi connectivity index (χ1) is 12.2. The van der Waals surface area contributed by atoms with Crippen LogP contribution in [0.5, 0.6) is 5.75 Å². The molecule has 1 aromatic rings. The molecule has 1 saturated heterocycles. The van der Waals surface area contributed by atoms with E-state index in [1.54, 1.807) is 0 Å². The summed E-state index contributed by atoms with van der Waals surface area (Å²) in [6, 6.07) is 3.81. The van der Waals surface area contributed by atoms with Crippen molar-refractivity contribution in [2.24, 2.45) is 5.92 Å². The van der Waals surface area contributed by atoms with Gasteiger partial charge in [-0.25, -0.2) is 4.79 Å². The van der Waals surface area contributed by atoms with E-state index in [1.807, 2.05) is 39.8 Å². The lowest BCUT2D eigenvalue weighted by Crippen LogP contribution is -2.35. The Hall–Kier alpha value is -1.17. The molecule has 26 heavy (non-hydrogen) atoms. The summed E-state index contributed by atoms with van der Waals surface area (Å²) in [6.07, 6.45) is 0.676. The standard InChI is InChI=1S/C19H28Cl2N2O3/c1-5-25-17-15(20)8-14(9-16(17)21)12-23-7-6-13(11-23)10-22-18(24)26-19(2,3)4/h8-9,13H,5-7,10-12H2,1-4H3,(H,22,24)/t13-/m0/s1. The van der Waals surface area contributed by atoms with Gasteiger partial charge in [-0.2, -0.15) is 0 Å². The van der Waals surface area contributed by atoms with E-state index in [-0.39, 0.29) is 6.09 Å². The molecule has 1 atom stereocenters. The third kappa shape index (κ3) is 6.53. The molecule has 146 valence electrons. The van der Waals surface area contributed by atoms with Gasteiger partial charge in [0.25, 0.3) is 0 Å². The molecule has 0 bridgehead atoms. The number of alkyl carbamates (subject to hydrolysis) is 1. The van der Waals surface area contributed by atoms with Crippen LogP contribution in [0.4, 0.5) is 4.79 Å². The van der Waals surface area contributed by atoms with E-state index < -0.39 is 5.60 Å². The van der Waals surface area contributed by atoms with Crippen molar-refractivity contribution in [2.75, 3.05) is 26.2 Å². The number of benzene rings is 1. The number of nitrogens with zero attached hydrogens (tertiary/aromatic N) is 1. The summed E-state index contributed by atoms with van der Waals surface area (Å²) < 4.78 is 10.7. The normalized spacial score (nSPS) is 18.0. The smallest absolute Gasteiger partial charge is 0.407 e. The molecule has 1 aromatic carbocycles. The fraction of sp³-hybridized carbons (Fsp3) is 0.632. The van der Waals surface area contributed by atoms with Gasteiger partial charge in [-0.1, -0.05) is 23.2 Å². The maximum atomic E-state index is 11.8. The number of nitrogens with one attached hydrogen (secondary N) is 1. The largest absolute Gasteiger partial charge is 0.491 e. The zero-order chi connectivity index (χ0) is 19.3. The molecule has 0 aliphatic carbocycles. The minimum absolute atomic E-state index is 0.360. The molecule has 1 aliphatic heterocycles. The van der Waals surface area contributed by atoms with Gasteiger partial charge in [0.05, 0.1) is 16.7 Å². The number of ether oxygens (including phenoxy) is 2. The van der Waals surface area contributed by atoms with E-state index in [1.165, 1.54) is 0 Å². The highest BCUT2D eigenvalue weighted by atomic mass is 35.5. The second kappa shape index (κ2) is 9.16. The highest BCUT2D eigenvalue weighted by Crippen LogP contribution is 2.35. The number of hydrogen-bond donors (Lipinski definition) is 1. The third-order valence-electron chi connectivity index (χ3n) is 4.06. The van der Waals surface area contributed by atoms with E-state index in [0.717, 1.165) is 31.6 Å².